The molecule has 158 valence electrons. The first-order valence-electron chi connectivity index (χ1n) is 10.5. The average Bonchev–Trinajstić information content (AvgIpc) is 3.19. The van der Waals surface area contributed by atoms with Gasteiger partial charge in [-0.05, 0) is 85.5 Å². The molecular weight excluding hydrogens is 388 g/mol. The molecule has 0 saturated carbocycles. The fraction of sp³-hybridized carbons (Fsp3) is 0.231. The summed E-state index contributed by atoms with van der Waals surface area (Å²) in [7, 11) is 0. The molecule has 0 fully saturated rings. The van der Waals surface area contributed by atoms with Crippen LogP contribution >= 0.6 is 0 Å². The van der Waals surface area contributed by atoms with Crippen LogP contribution in [0.4, 0.5) is 0 Å². The smallest absolute Gasteiger partial charge is 0.251 e. The van der Waals surface area contributed by atoms with Crippen molar-refractivity contribution >= 4 is 17.0 Å². The Balaban J connectivity index is 1.39. The van der Waals surface area contributed by atoms with Gasteiger partial charge in [-0.15, -0.1) is 0 Å². The van der Waals surface area contributed by atoms with Crippen molar-refractivity contribution in [3.8, 4) is 17.2 Å². The van der Waals surface area contributed by atoms with E-state index in [0.29, 0.717) is 24.6 Å². The fourth-order valence-electron chi connectivity index (χ4n) is 3.28. The van der Waals surface area contributed by atoms with Crippen molar-refractivity contribution in [2.75, 3.05) is 6.61 Å². The number of aromatic nitrogens is 1. The summed E-state index contributed by atoms with van der Waals surface area (Å²) in [6, 6.07) is 19.1. The van der Waals surface area contributed by atoms with Crippen LogP contribution in [0.1, 0.15) is 40.4 Å². The number of amides is 1. The molecule has 0 aliphatic rings. The first kappa shape index (κ1) is 20.7. The van der Waals surface area contributed by atoms with Crippen LogP contribution in [-0.2, 0) is 6.54 Å². The highest BCUT2D eigenvalue weighted by molar-refractivity contribution is 5.94. The van der Waals surface area contributed by atoms with Crippen LogP contribution in [0.3, 0.4) is 0 Å². The van der Waals surface area contributed by atoms with Gasteiger partial charge in [0.05, 0.1) is 6.61 Å². The molecule has 0 aliphatic carbocycles. The van der Waals surface area contributed by atoms with Crippen LogP contribution in [0.5, 0.6) is 5.75 Å². The number of ether oxygens (including phenoxy) is 1. The molecule has 1 aromatic heterocycles. The monoisotopic (exact) mass is 414 g/mol. The Morgan fingerprint density at radius 1 is 1.00 bits per heavy atom. The number of rotatable bonds is 7. The highest BCUT2D eigenvalue weighted by Crippen LogP contribution is 2.26. The van der Waals surface area contributed by atoms with Gasteiger partial charge in [-0.1, -0.05) is 19.1 Å². The maximum absolute atomic E-state index is 12.4. The number of carbonyl (C=O) groups excluding carboxylic acids is 1. The van der Waals surface area contributed by atoms with Crippen LogP contribution in [0.15, 0.2) is 65.1 Å². The van der Waals surface area contributed by atoms with Gasteiger partial charge in [-0.3, -0.25) is 4.79 Å². The topological polar surface area (TPSA) is 64.4 Å². The van der Waals surface area contributed by atoms with Crippen LogP contribution in [-0.4, -0.2) is 17.5 Å². The molecule has 0 bridgehead atoms. The van der Waals surface area contributed by atoms with Crippen molar-refractivity contribution < 1.29 is 13.9 Å². The van der Waals surface area contributed by atoms with Crippen LogP contribution in [0, 0.1) is 13.8 Å². The second-order valence-electron chi connectivity index (χ2n) is 7.68. The van der Waals surface area contributed by atoms with Crippen molar-refractivity contribution in [3.63, 3.8) is 0 Å². The summed E-state index contributed by atoms with van der Waals surface area (Å²) in [5.74, 6) is 1.26. The number of oxazole rings is 1. The van der Waals surface area contributed by atoms with Crippen molar-refractivity contribution in [2.24, 2.45) is 0 Å². The number of carbonyl (C=O) groups is 1. The van der Waals surface area contributed by atoms with E-state index in [9.17, 15) is 4.79 Å². The molecule has 0 spiro atoms. The molecule has 0 unspecified atom stereocenters. The van der Waals surface area contributed by atoms with E-state index in [0.717, 1.165) is 34.4 Å². The highest BCUT2D eigenvalue weighted by atomic mass is 16.5. The van der Waals surface area contributed by atoms with E-state index in [-0.39, 0.29) is 5.91 Å². The number of nitrogens with zero attached hydrogens (tertiary/aromatic N) is 1. The minimum Gasteiger partial charge on any atom is -0.494 e. The maximum Gasteiger partial charge on any atom is 0.251 e. The lowest BCUT2D eigenvalue weighted by atomic mass is 10.1. The summed E-state index contributed by atoms with van der Waals surface area (Å²) in [5.41, 5.74) is 6.55. The SMILES string of the molecule is CCCOc1ccc(C(=O)NCc2ccc(-c3nc4cc(C)c(C)cc4o3)cc2)cc1. The zero-order valence-electron chi connectivity index (χ0n) is 18.1. The number of benzene rings is 3. The third-order valence-corrected chi connectivity index (χ3v) is 5.25. The van der Waals surface area contributed by atoms with E-state index in [1.807, 2.05) is 48.5 Å². The number of hydrogen-bond donors (Lipinski definition) is 1. The summed E-state index contributed by atoms with van der Waals surface area (Å²) in [5, 5.41) is 2.95. The summed E-state index contributed by atoms with van der Waals surface area (Å²) in [6.07, 6.45) is 0.951. The molecule has 4 aromatic rings. The Bertz CT molecular complexity index is 1150. The molecule has 0 atom stereocenters. The second-order valence-corrected chi connectivity index (χ2v) is 7.68. The normalized spacial score (nSPS) is 10.9. The predicted molar refractivity (Wildman–Crippen MR) is 122 cm³/mol. The molecule has 1 heterocycles. The zero-order chi connectivity index (χ0) is 21.8. The average molecular weight is 415 g/mol. The van der Waals surface area contributed by atoms with Gasteiger partial charge < -0.3 is 14.5 Å². The maximum atomic E-state index is 12.4. The number of aryl methyl sites for hydroxylation is 2. The Hall–Kier alpha value is -3.60. The Morgan fingerprint density at radius 2 is 1.71 bits per heavy atom. The highest BCUT2D eigenvalue weighted by Gasteiger charge is 2.10. The molecule has 0 saturated heterocycles. The minimum absolute atomic E-state index is 0.115. The minimum atomic E-state index is -0.115. The zero-order valence-corrected chi connectivity index (χ0v) is 18.1. The predicted octanol–water partition coefficient (Wildman–Crippen LogP) is 5.83. The molecule has 0 aliphatic heterocycles. The standard InChI is InChI=1S/C26H26N2O3/c1-4-13-30-22-11-9-20(10-12-22)25(29)27-16-19-5-7-21(8-6-19)26-28-23-14-17(2)18(3)15-24(23)31-26/h5-12,14-15H,4,13,16H2,1-3H3,(H,27,29). The van der Waals surface area contributed by atoms with E-state index in [4.69, 9.17) is 9.15 Å². The largest absolute Gasteiger partial charge is 0.494 e. The molecular formula is C26H26N2O3. The van der Waals surface area contributed by atoms with E-state index in [2.05, 4.69) is 31.1 Å². The Labute approximate surface area is 182 Å². The van der Waals surface area contributed by atoms with Crippen molar-refractivity contribution in [1.29, 1.82) is 0 Å². The number of hydrogen-bond acceptors (Lipinski definition) is 4. The summed E-state index contributed by atoms with van der Waals surface area (Å²) >= 11 is 0. The molecule has 31 heavy (non-hydrogen) atoms. The third kappa shape index (κ3) is 4.77. The van der Waals surface area contributed by atoms with Gasteiger partial charge in [0, 0.05) is 17.7 Å². The Kier molecular flexibility index (Phi) is 6.03. The molecule has 0 radical (unpaired) electrons. The summed E-state index contributed by atoms with van der Waals surface area (Å²) in [6.45, 7) is 7.31. The van der Waals surface area contributed by atoms with Crippen molar-refractivity contribution in [1.82, 2.24) is 10.3 Å². The lowest BCUT2D eigenvalue weighted by Gasteiger charge is -2.08. The molecule has 5 heteroatoms. The van der Waals surface area contributed by atoms with E-state index in [1.165, 1.54) is 11.1 Å². The number of nitrogens with one attached hydrogen (secondary N) is 1. The third-order valence-electron chi connectivity index (χ3n) is 5.25. The van der Waals surface area contributed by atoms with Crippen molar-refractivity contribution in [2.45, 2.75) is 33.7 Å². The van der Waals surface area contributed by atoms with Gasteiger partial charge in [0.15, 0.2) is 5.58 Å². The van der Waals surface area contributed by atoms with Crippen LogP contribution in [0.2, 0.25) is 0 Å². The lowest BCUT2D eigenvalue weighted by molar-refractivity contribution is 0.0951. The van der Waals surface area contributed by atoms with E-state index in [1.54, 1.807) is 12.1 Å². The summed E-state index contributed by atoms with van der Waals surface area (Å²) < 4.78 is 11.5. The lowest BCUT2D eigenvalue weighted by Crippen LogP contribution is -2.22. The molecule has 4 rings (SSSR count). The molecule has 5 nitrogen and oxygen atoms in total. The van der Waals surface area contributed by atoms with Crippen LogP contribution < -0.4 is 10.1 Å². The van der Waals surface area contributed by atoms with Gasteiger partial charge in [-0.2, -0.15) is 0 Å². The van der Waals surface area contributed by atoms with Crippen molar-refractivity contribution in [3.05, 3.63) is 82.9 Å². The molecule has 3 aromatic carbocycles. The van der Waals surface area contributed by atoms with Gasteiger partial charge in [0.25, 0.3) is 5.91 Å². The van der Waals surface area contributed by atoms with Gasteiger partial charge in [0.2, 0.25) is 5.89 Å². The molecule has 1 N–H and O–H groups in total. The van der Waals surface area contributed by atoms with E-state index >= 15 is 0 Å². The van der Waals surface area contributed by atoms with Crippen LogP contribution in [0.25, 0.3) is 22.6 Å². The summed E-state index contributed by atoms with van der Waals surface area (Å²) in [4.78, 5) is 17.0. The first-order chi connectivity index (χ1) is 15.0. The second kappa shape index (κ2) is 9.04. The van der Waals surface area contributed by atoms with E-state index < -0.39 is 0 Å². The van der Waals surface area contributed by atoms with Gasteiger partial charge in [-0.25, -0.2) is 4.98 Å². The van der Waals surface area contributed by atoms with Gasteiger partial charge in [0.1, 0.15) is 11.3 Å². The molecule has 1 amide bonds. The Morgan fingerprint density at radius 3 is 2.42 bits per heavy atom. The quantitative estimate of drug-likeness (QED) is 0.413. The van der Waals surface area contributed by atoms with Gasteiger partial charge >= 0.3 is 0 Å². The first-order valence-corrected chi connectivity index (χ1v) is 10.5. The fourth-order valence-corrected chi connectivity index (χ4v) is 3.28. The number of fused-ring (bicyclic) bond motifs is 1.